The lowest BCUT2D eigenvalue weighted by atomic mass is 9.32. The third-order valence-corrected chi connectivity index (χ3v) is 16.2. The average Bonchev–Trinajstić information content (AvgIpc) is 4.24. The molecule has 12 aromatic rings. The summed E-state index contributed by atoms with van der Waals surface area (Å²) >= 11 is 0. The van der Waals surface area contributed by atoms with Crippen molar-refractivity contribution >= 4 is 44.4 Å². The molecule has 0 spiro atoms. The molecule has 0 saturated heterocycles. The van der Waals surface area contributed by atoms with Crippen LogP contribution in [0.15, 0.2) is 212 Å². The highest BCUT2D eigenvalue weighted by Gasteiger charge is 2.69. The number of benzene rings is 8. The maximum absolute atomic E-state index is 6.30. The van der Waals surface area contributed by atoms with Crippen LogP contribution >= 0.6 is 0 Å². The standard InChI is InChI=1S/C62H44N4O4/c1-5-13-51-47(9-1)63-55(67-51)39-17-25-43(26-18-39)59-33-60(44-27-19-40(20-28-44)56-64-48-10-2-6-14-52(48)68-56)36-61(34-59,45-29-21-41(22-30-45)57-65-49-11-3-7-15-53(49)69-57)38-62(35-59,37-60)46-31-23-42(24-32-46)58-66-50-12-4-8-16-54(50)70-58/h1-32H,33-38H2. The van der Waals surface area contributed by atoms with Gasteiger partial charge in [0, 0.05) is 22.3 Å². The van der Waals surface area contributed by atoms with Crippen molar-refractivity contribution in [2.45, 2.75) is 60.2 Å². The van der Waals surface area contributed by atoms with Crippen molar-refractivity contribution in [3.05, 3.63) is 216 Å². The molecule has 8 aromatic carbocycles. The van der Waals surface area contributed by atoms with Crippen molar-refractivity contribution in [3.8, 4) is 45.8 Å². The van der Waals surface area contributed by atoms with Crippen molar-refractivity contribution in [1.29, 1.82) is 0 Å². The fourth-order valence-electron chi connectivity index (χ4n) is 13.7. The predicted molar refractivity (Wildman–Crippen MR) is 272 cm³/mol. The van der Waals surface area contributed by atoms with Crippen LogP contribution in [0.1, 0.15) is 60.8 Å². The molecule has 8 heteroatoms. The lowest BCUT2D eigenvalue weighted by Gasteiger charge is -2.71. The average molecular weight is 909 g/mol. The minimum Gasteiger partial charge on any atom is -0.436 e. The summed E-state index contributed by atoms with van der Waals surface area (Å²) in [4.78, 5) is 19.5. The van der Waals surface area contributed by atoms with Crippen molar-refractivity contribution in [3.63, 3.8) is 0 Å². The highest BCUT2D eigenvalue weighted by molar-refractivity contribution is 5.79. The third kappa shape index (κ3) is 6.08. The zero-order chi connectivity index (χ0) is 46.1. The number of fused-ring (bicyclic) bond motifs is 4. The van der Waals surface area contributed by atoms with Gasteiger partial charge in [-0.05, 0) is 180 Å². The van der Waals surface area contributed by atoms with E-state index in [2.05, 4.69) is 97.1 Å². The van der Waals surface area contributed by atoms with Crippen LogP contribution in [0, 0.1) is 0 Å². The Labute approximate surface area is 402 Å². The van der Waals surface area contributed by atoms with E-state index in [0.717, 1.165) is 105 Å². The number of hydrogen-bond acceptors (Lipinski definition) is 8. The number of oxazole rings is 4. The molecule has 336 valence electrons. The van der Waals surface area contributed by atoms with Crippen LogP contribution in [-0.4, -0.2) is 19.9 Å². The molecule has 0 radical (unpaired) electrons. The maximum atomic E-state index is 6.30. The van der Waals surface area contributed by atoms with Gasteiger partial charge in [-0.15, -0.1) is 0 Å². The van der Waals surface area contributed by atoms with Gasteiger partial charge >= 0.3 is 0 Å². The second kappa shape index (κ2) is 14.6. The molecule has 0 unspecified atom stereocenters. The summed E-state index contributed by atoms with van der Waals surface area (Å²) in [5, 5.41) is 0. The SMILES string of the molecule is c1ccc2oc(-c3ccc(C45CC6(c7ccc(-c8nc9ccccc9o8)cc7)CC(c7ccc(-c8nc9ccccc9o8)cc7)(C4)CC(c4ccc(-c7nc8ccccc8o7)cc4)(C5)C6)cc3)nc2c1. The van der Waals surface area contributed by atoms with Crippen LogP contribution in [0.2, 0.25) is 0 Å². The van der Waals surface area contributed by atoms with E-state index in [0.29, 0.717) is 23.6 Å². The van der Waals surface area contributed by atoms with Gasteiger partial charge in [0.05, 0.1) is 0 Å². The summed E-state index contributed by atoms with van der Waals surface area (Å²) in [7, 11) is 0. The Morgan fingerprint density at radius 2 is 0.443 bits per heavy atom. The number of para-hydroxylation sites is 8. The first-order chi connectivity index (χ1) is 34.4. The van der Waals surface area contributed by atoms with Gasteiger partial charge < -0.3 is 17.7 Å². The lowest BCUT2D eigenvalue weighted by molar-refractivity contribution is -0.0691. The molecule has 70 heavy (non-hydrogen) atoms. The summed E-state index contributed by atoms with van der Waals surface area (Å²) in [5.74, 6) is 2.55. The van der Waals surface area contributed by atoms with Crippen LogP contribution in [0.25, 0.3) is 90.2 Å². The van der Waals surface area contributed by atoms with E-state index in [-0.39, 0.29) is 21.7 Å². The van der Waals surface area contributed by atoms with Gasteiger partial charge in [-0.1, -0.05) is 97.1 Å². The molecule has 0 atom stereocenters. The number of aromatic nitrogens is 4. The zero-order valence-electron chi connectivity index (χ0n) is 38.1. The first-order valence-corrected chi connectivity index (χ1v) is 24.3. The van der Waals surface area contributed by atoms with Crippen molar-refractivity contribution in [2.24, 2.45) is 0 Å². The summed E-state index contributed by atoms with van der Waals surface area (Å²) in [6.45, 7) is 0. The Kier molecular flexibility index (Phi) is 8.25. The fourth-order valence-corrected chi connectivity index (χ4v) is 13.7. The first kappa shape index (κ1) is 39.6. The van der Waals surface area contributed by atoms with Crippen LogP contribution < -0.4 is 0 Å². The number of nitrogens with zero attached hydrogens (tertiary/aromatic N) is 4. The van der Waals surface area contributed by atoms with Gasteiger partial charge in [0.25, 0.3) is 0 Å². The molecule has 0 N–H and O–H groups in total. The summed E-state index contributed by atoms with van der Waals surface area (Å²) in [6.07, 6.45) is 6.14. The predicted octanol–water partition coefficient (Wildman–Crippen LogP) is 15.4. The Bertz CT molecular complexity index is 3280. The van der Waals surface area contributed by atoms with Crippen molar-refractivity contribution < 1.29 is 17.7 Å². The second-order valence-corrected chi connectivity index (χ2v) is 20.4. The molecule has 4 saturated carbocycles. The van der Waals surface area contributed by atoms with Gasteiger partial charge in [0.1, 0.15) is 22.1 Å². The fraction of sp³-hybridized carbons (Fsp3) is 0.161. The summed E-state index contributed by atoms with van der Waals surface area (Å²) in [6, 6.07) is 68.7. The van der Waals surface area contributed by atoms with E-state index in [1.165, 1.54) is 22.3 Å². The van der Waals surface area contributed by atoms with Gasteiger partial charge in [-0.25, -0.2) is 19.9 Å². The topological polar surface area (TPSA) is 104 Å². The maximum Gasteiger partial charge on any atom is 0.227 e. The Balaban J connectivity index is 0.894. The molecule has 0 amide bonds. The van der Waals surface area contributed by atoms with E-state index in [1.807, 2.05) is 97.1 Å². The first-order valence-electron chi connectivity index (χ1n) is 24.3. The molecule has 4 fully saturated rings. The molecule has 8 nitrogen and oxygen atoms in total. The third-order valence-electron chi connectivity index (χ3n) is 16.2. The lowest BCUT2D eigenvalue weighted by Crippen LogP contribution is -2.67. The van der Waals surface area contributed by atoms with Gasteiger partial charge in [-0.2, -0.15) is 0 Å². The summed E-state index contributed by atoms with van der Waals surface area (Å²) < 4.78 is 25.2. The van der Waals surface area contributed by atoms with E-state index < -0.39 is 0 Å². The minimum atomic E-state index is -0.175. The van der Waals surface area contributed by atoms with Crippen LogP contribution in [0.4, 0.5) is 0 Å². The molecule has 4 heterocycles. The quantitative estimate of drug-likeness (QED) is 0.148. The van der Waals surface area contributed by atoms with Crippen LogP contribution in [-0.2, 0) is 21.7 Å². The Hall–Kier alpha value is -8.36. The van der Waals surface area contributed by atoms with Crippen molar-refractivity contribution in [2.75, 3.05) is 0 Å². The van der Waals surface area contributed by atoms with E-state index >= 15 is 0 Å². The second-order valence-electron chi connectivity index (χ2n) is 20.4. The Morgan fingerprint density at radius 3 is 0.643 bits per heavy atom. The van der Waals surface area contributed by atoms with Gasteiger partial charge in [-0.3, -0.25) is 0 Å². The summed E-state index contributed by atoms with van der Waals surface area (Å²) in [5.41, 5.74) is 15.3. The van der Waals surface area contributed by atoms with Crippen molar-refractivity contribution in [1.82, 2.24) is 19.9 Å². The van der Waals surface area contributed by atoms with Gasteiger partial charge in [0.15, 0.2) is 22.3 Å². The van der Waals surface area contributed by atoms with Crippen LogP contribution in [0.5, 0.6) is 0 Å². The van der Waals surface area contributed by atoms with E-state index in [9.17, 15) is 0 Å². The smallest absolute Gasteiger partial charge is 0.227 e. The van der Waals surface area contributed by atoms with E-state index in [4.69, 9.17) is 37.6 Å². The molecule has 4 aliphatic carbocycles. The number of rotatable bonds is 8. The molecular weight excluding hydrogens is 865 g/mol. The minimum absolute atomic E-state index is 0.175. The molecule has 16 rings (SSSR count). The zero-order valence-corrected chi connectivity index (χ0v) is 38.1. The highest BCUT2D eigenvalue weighted by Crippen LogP contribution is 2.75. The molecule has 4 aliphatic rings. The van der Waals surface area contributed by atoms with E-state index in [1.54, 1.807) is 0 Å². The number of hydrogen-bond donors (Lipinski definition) is 0. The largest absolute Gasteiger partial charge is 0.436 e. The highest BCUT2D eigenvalue weighted by atomic mass is 16.4. The molecule has 4 bridgehead atoms. The van der Waals surface area contributed by atoms with Crippen LogP contribution in [0.3, 0.4) is 0 Å². The normalized spacial score (nSPS) is 22.7. The monoisotopic (exact) mass is 908 g/mol. The molecular formula is C62H44N4O4. The van der Waals surface area contributed by atoms with Gasteiger partial charge in [0.2, 0.25) is 23.6 Å². The molecule has 0 aliphatic heterocycles. The Morgan fingerprint density at radius 1 is 0.243 bits per heavy atom. The molecule has 4 aromatic heterocycles.